The first-order chi connectivity index (χ1) is 8.13. The number of rotatable bonds is 3. The van der Waals surface area contributed by atoms with Gasteiger partial charge in [-0.3, -0.25) is 4.79 Å². The quantitative estimate of drug-likeness (QED) is 0.870. The topological polar surface area (TPSA) is 54.9 Å². The number of nitrogens with zero attached hydrogens (tertiary/aromatic N) is 2. The average molecular weight is 268 g/mol. The number of carbonyl (C=O) groups is 1. The Morgan fingerprint density at radius 1 is 1.59 bits per heavy atom. The molecular formula is C11H10ClN3OS. The summed E-state index contributed by atoms with van der Waals surface area (Å²) >= 11 is 7.25. The highest BCUT2D eigenvalue weighted by Gasteiger charge is 2.07. The standard InChI is InChI=1S/C11H10ClN3OS/c1-7-14-9(6-17-7)5-11(16)15-8-2-3-13-10(12)4-8/h2-4,6H,5H2,1H3,(H,13,15,16). The van der Waals surface area contributed by atoms with Gasteiger partial charge in [-0.2, -0.15) is 0 Å². The molecule has 0 aliphatic rings. The van der Waals surface area contributed by atoms with Crippen LogP contribution in [-0.4, -0.2) is 15.9 Å². The molecule has 0 aliphatic heterocycles. The van der Waals surface area contributed by atoms with Crippen LogP contribution in [0.2, 0.25) is 5.15 Å². The molecule has 88 valence electrons. The van der Waals surface area contributed by atoms with Crippen LogP contribution < -0.4 is 5.32 Å². The highest BCUT2D eigenvalue weighted by molar-refractivity contribution is 7.09. The summed E-state index contributed by atoms with van der Waals surface area (Å²) in [6.45, 7) is 1.91. The predicted octanol–water partition coefficient (Wildman–Crippen LogP) is 2.68. The lowest BCUT2D eigenvalue weighted by Crippen LogP contribution is -2.14. The van der Waals surface area contributed by atoms with E-state index >= 15 is 0 Å². The van der Waals surface area contributed by atoms with E-state index in [1.807, 2.05) is 12.3 Å². The predicted molar refractivity (Wildman–Crippen MR) is 68.4 cm³/mol. The second-order valence-corrected chi connectivity index (χ2v) is 4.90. The van der Waals surface area contributed by atoms with Crippen molar-refractivity contribution in [1.82, 2.24) is 9.97 Å². The van der Waals surface area contributed by atoms with Crippen LogP contribution in [0.15, 0.2) is 23.7 Å². The van der Waals surface area contributed by atoms with Crippen LogP contribution in [0.1, 0.15) is 10.7 Å². The average Bonchev–Trinajstić information content (AvgIpc) is 2.63. The molecule has 0 unspecified atom stereocenters. The molecule has 2 aromatic heterocycles. The van der Waals surface area contributed by atoms with Crippen molar-refractivity contribution in [2.75, 3.05) is 5.32 Å². The molecule has 0 fully saturated rings. The first-order valence-electron chi connectivity index (χ1n) is 4.96. The molecule has 0 atom stereocenters. The lowest BCUT2D eigenvalue weighted by atomic mass is 10.3. The van der Waals surface area contributed by atoms with E-state index in [1.54, 1.807) is 18.3 Å². The molecule has 0 radical (unpaired) electrons. The van der Waals surface area contributed by atoms with Gasteiger partial charge in [0.25, 0.3) is 0 Å². The smallest absolute Gasteiger partial charge is 0.230 e. The molecule has 17 heavy (non-hydrogen) atoms. The number of halogens is 1. The van der Waals surface area contributed by atoms with Gasteiger partial charge < -0.3 is 5.32 Å². The number of aromatic nitrogens is 2. The van der Waals surface area contributed by atoms with Gasteiger partial charge in [0, 0.05) is 17.3 Å². The Bertz CT molecular complexity index is 541. The Balaban J connectivity index is 1.98. The molecule has 6 heteroatoms. The van der Waals surface area contributed by atoms with E-state index in [0.29, 0.717) is 10.8 Å². The third kappa shape index (κ3) is 3.51. The van der Waals surface area contributed by atoms with E-state index < -0.39 is 0 Å². The van der Waals surface area contributed by atoms with E-state index in [9.17, 15) is 4.79 Å². The monoisotopic (exact) mass is 267 g/mol. The molecule has 1 N–H and O–H groups in total. The zero-order chi connectivity index (χ0) is 12.3. The van der Waals surface area contributed by atoms with E-state index in [-0.39, 0.29) is 12.3 Å². The van der Waals surface area contributed by atoms with E-state index in [2.05, 4.69) is 15.3 Å². The molecule has 1 amide bonds. The molecule has 2 rings (SSSR count). The summed E-state index contributed by atoms with van der Waals surface area (Å²) < 4.78 is 0. The van der Waals surface area contributed by atoms with Gasteiger partial charge in [-0.05, 0) is 19.1 Å². The van der Waals surface area contributed by atoms with Crippen molar-refractivity contribution in [3.8, 4) is 0 Å². The number of thiazole rings is 1. The Hall–Kier alpha value is -1.46. The van der Waals surface area contributed by atoms with Crippen LogP contribution in [0.4, 0.5) is 5.69 Å². The first kappa shape index (κ1) is 12.0. The van der Waals surface area contributed by atoms with Crippen molar-refractivity contribution < 1.29 is 4.79 Å². The lowest BCUT2D eigenvalue weighted by Gasteiger charge is -2.03. The van der Waals surface area contributed by atoms with Gasteiger partial charge in [0.15, 0.2) is 0 Å². The maximum absolute atomic E-state index is 11.7. The minimum absolute atomic E-state index is 0.113. The number of nitrogens with one attached hydrogen (secondary N) is 1. The summed E-state index contributed by atoms with van der Waals surface area (Å²) in [5.74, 6) is -0.113. The highest BCUT2D eigenvalue weighted by Crippen LogP contribution is 2.13. The van der Waals surface area contributed by atoms with Crippen molar-refractivity contribution in [2.24, 2.45) is 0 Å². The second-order valence-electron chi connectivity index (χ2n) is 3.45. The molecule has 2 aromatic rings. The van der Waals surface area contributed by atoms with Gasteiger partial charge in [-0.15, -0.1) is 11.3 Å². The number of carbonyl (C=O) groups excluding carboxylic acids is 1. The summed E-state index contributed by atoms with van der Waals surface area (Å²) in [6.07, 6.45) is 1.81. The van der Waals surface area contributed by atoms with Crippen molar-refractivity contribution in [3.05, 3.63) is 39.6 Å². The zero-order valence-electron chi connectivity index (χ0n) is 9.11. The maximum atomic E-state index is 11.7. The minimum Gasteiger partial charge on any atom is -0.326 e. The van der Waals surface area contributed by atoms with Gasteiger partial charge in [0.2, 0.25) is 5.91 Å². The summed E-state index contributed by atoms with van der Waals surface area (Å²) in [4.78, 5) is 19.8. The molecule has 0 bridgehead atoms. The SMILES string of the molecule is Cc1nc(CC(=O)Nc2ccnc(Cl)c2)cs1. The third-order valence-corrected chi connectivity index (χ3v) is 3.05. The minimum atomic E-state index is -0.113. The number of amides is 1. The van der Waals surface area contributed by atoms with Gasteiger partial charge in [0.05, 0.1) is 17.1 Å². The van der Waals surface area contributed by atoms with Crippen LogP contribution in [-0.2, 0) is 11.2 Å². The Labute approximate surface area is 108 Å². The zero-order valence-corrected chi connectivity index (χ0v) is 10.7. The van der Waals surface area contributed by atoms with Crippen LogP contribution in [0.25, 0.3) is 0 Å². The molecule has 0 aromatic carbocycles. The number of hydrogen-bond donors (Lipinski definition) is 1. The second kappa shape index (κ2) is 5.25. The summed E-state index contributed by atoms with van der Waals surface area (Å²) in [7, 11) is 0. The number of anilines is 1. The number of pyridine rings is 1. The molecule has 2 heterocycles. The fourth-order valence-electron chi connectivity index (χ4n) is 1.34. The van der Waals surface area contributed by atoms with Crippen LogP contribution in [0.3, 0.4) is 0 Å². The number of hydrogen-bond acceptors (Lipinski definition) is 4. The van der Waals surface area contributed by atoms with Crippen molar-refractivity contribution in [2.45, 2.75) is 13.3 Å². The van der Waals surface area contributed by atoms with Crippen LogP contribution in [0, 0.1) is 6.92 Å². The molecule has 0 saturated heterocycles. The molecule has 0 saturated carbocycles. The first-order valence-corrected chi connectivity index (χ1v) is 6.21. The summed E-state index contributed by atoms with van der Waals surface area (Å²) in [5.41, 5.74) is 1.42. The van der Waals surface area contributed by atoms with E-state index in [4.69, 9.17) is 11.6 Å². The maximum Gasteiger partial charge on any atom is 0.230 e. The third-order valence-electron chi connectivity index (χ3n) is 2.02. The highest BCUT2D eigenvalue weighted by atomic mass is 35.5. The number of aryl methyl sites for hydroxylation is 1. The Morgan fingerprint density at radius 2 is 2.41 bits per heavy atom. The van der Waals surface area contributed by atoms with Crippen LogP contribution >= 0.6 is 22.9 Å². The molecule has 0 spiro atoms. The van der Waals surface area contributed by atoms with E-state index in [1.165, 1.54) is 11.3 Å². The van der Waals surface area contributed by atoms with Gasteiger partial charge >= 0.3 is 0 Å². The van der Waals surface area contributed by atoms with E-state index in [0.717, 1.165) is 10.7 Å². The summed E-state index contributed by atoms with van der Waals surface area (Å²) in [5, 5.41) is 5.94. The van der Waals surface area contributed by atoms with Crippen molar-refractivity contribution in [1.29, 1.82) is 0 Å². The lowest BCUT2D eigenvalue weighted by molar-refractivity contribution is -0.115. The Morgan fingerprint density at radius 3 is 3.06 bits per heavy atom. The normalized spacial score (nSPS) is 10.2. The fourth-order valence-corrected chi connectivity index (χ4v) is 2.13. The van der Waals surface area contributed by atoms with Gasteiger partial charge in [-0.1, -0.05) is 11.6 Å². The Kier molecular flexibility index (Phi) is 3.71. The molecular weight excluding hydrogens is 258 g/mol. The van der Waals surface area contributed by atoms with Crippen molar-refractivity contribution >= 4 is 34.5 Å². The summed E-state index contributed by atoms with van der Waals surface area (Å²) in [6, 6.07) is 3.29. The van der Waals surface area contributed by atoms with Gasteiger partial charge in [-0.25, -0.2) is 9.97 Å². The fraction of sp³-hybridized carbons (Fsp3) is 0.182. The largest absolute Gasteiger partial charge is 0.326 e. The molecule has 4 nitrogen and oxygen atoms in total. The molecule has 0 aliphatic carbocycles. The van der Waals surface area contributed by atoms with Crippen LogP contribution in [0.5, 0.6) is 0 Å². The van der Waals surface area contributed by atoms with Crippen molar-refractivity contribution in [3.63, 3.8) is 0 Å². The van der Waals surface area contributed by atoms with Gasteiger partial charge in [0.1, 0.15) is 5.15 Å².